The summed E-state index contributed by atoms with van der Waals surface area (Å²) >= 11 is 2.81. The van der Waals surface area contributed by atoms with Gasteiger partial charge in [-0.25, -0.2) is 9.97 Å². The first kappa shape index (κ1) is 14.1. The fraction of sp³-hybridized carbons (Fsp3) is 0.417. The fourth-order valence-electron chi connectivity index (χ4n) is 1.27. The molecule has 0 unspecified atom stereocenters. The highest BCUT2D eigenvalue weighted by Gasteiger charge is 2.16. The van der Waals surface area contributed by atoms with E-state index in [4.69, 9.17) is 10.5 Å². The molecule has 0 amide bonds. The Morgan fingerprint density at radius 3 is 2.58 bits per heavy atom. The molecule has 0 aliphatic carbocycles. The van der Waals surface area contributed by atoms with Crippen molar-refractivity contribution in [2.45, 2.75) is 42.7 Å². The topological polar surface area (TPSA) is 73.9 Å². The van der Waals surface area contributed by atoms with Crippen LogP contribution in [0.15, 0.2) is 21.5 Å². The molecule has 0 bridgehead atoms. The molecule has 2 aromatic rings. The lowest BCUT2D eigenvalue weighted by Crippen LogP contribution is -2.24. The SMILES string of the molecule is Cc1nsc(Sc2ccc(N)c(OC(C)(C)C)n2)n1. The second-order valence-corrected chi connectivity index (χ2v) is 6.99. The summed E-state index contributed by atoms with van der Waals surface area (Å²) in [7, 11) is 0. The van der Waals surface area contributed by atoms with E-state index >= 15 is 0 Å². The van der Waals surface area contributed by atoms with Crippen LogP contribution in [-0.4, -0.2) is 19.9 Å². The van der Waals surface area contributed by atoms with Crippen LogP contribution in [-0.2, 0) is 0 Å². The van der Waals surface area contributed by atoms with E-state index in [1.165, 1.54) is 23.3 Å². The Morgan fingerprint density at radius 1 is 1.26 bits per heavy atom. The van der Waals surface area contributed by atoms with Gasteiger partial charge >= 0.3 is 0 Å². The largest absolute Gasteiger partial charge is 0.470 e. The van der Waals surface area contributed by atoms with Crippen molar-refractivity contribution in [2.24, 2.45) is 0 Å². The number of aryl methyl sites for hydroxylation is 1. The maximum absolute atomic E-state index is 5.87. The molecule has 2 heterocycles. The smallest absolute Gasteiger partial charge is 0.238 e. The van der Waals surface area contributed by atoms with Gasteiger partial charge in [0.15, 0.2) is 4.34 Å². The molecule has 0 fully saturated rings. The summed E-state index contributed by atoms with van der Waals surface area (Å²) in [5, 5.41) is 0.796. The quantitative estimate of drug-likeness (QED) is 0.938. The van der Waals surface area contributed by atoms with Crippen molar-refractivity contribution in [2.75, 3.05) is 5.73 Å². The molecule has 0 aliphatic rings. The molecule has 0 aromatic carbocycles. The van der Waals surface area contributed by atoms with Crippen molar-refractivity contribution in [3.8, 4) is 5.88 Å². The van der Waals surface area contributed by atoms with Gasteiger partial charge in [0.2, 0.25) is 5.88 Å². The minimum atomic E-state index is -0.330. The summed E-state index contributed by atoms with van der Waals surface area (Å²) in [4.78, 5) is 8.71. The summed E-state index contributed by atoms with van der Waals surface area (Å²) < 4.78 is 10.7. The highest BCUT2D eigenvalue weighted by atomic mass is 32.2. The van der Waals surface area contributed by atoms with Crippen molar-refractivity contribution in [1.82, 2.24) is 14.3 Å². The predicted octanol–water partition coefficient (Wildman–Crippen LogP) is 3.15. The van der Waals surface area contributed by atoms with Crippen LogP contribution in [0.5, 0.6) is 5.88 Å². The molecule has 0 atom stereocenters. The summed E-state index contributed by atoms with van der Waals surface area (Å²) in [6, 6.07) is 3.65. The number of nitrogen functional groups attached to an aromatic ring is 1. The Bertz CT molecular complexity index is 577. The zero-order valence-electron chi connectivity index (χ0n) is 11.3. The Kier molecular flexibility index (Phi) is 3.96. The summed E-state index contributed by atoms with van der Waals surface area (Å²) in [5.41, 5.74) is 6.08. The van der Waals surface area contributed by atoms with Crippen LogP contribution >= 0.6 is 23.3 Å². The highest BCUT2D eigenvalue weighted by molar-refractivity contribution is 8.00. The molecule has 2 rings (SSSR count). The van der Waals surface area contributed by atoms with Gasteiger partial charge in [-0.05, 0) is 63.1 Å². The number of hydrogen-bond acceptors (Lipinski definition) is 7. The molecular formula is C12H16N4OS2. The van der Waals surface area contributed by atoms with Gasteiger partial charge in [-0.2, -0.15) is 4.37 Å². The van der Waals surface area contributed by atoms with Crippen LogP contribution < -0.4 is 10.5 Å². The third-order valence-electron chi connectivity index (χ3n) is 1.97. The fourth-order valence-corrected chi connectivity index (χ4v) is 2.83. The first-order valence-electron chi connectivity index (χ1n) is 5.77. The average Bonchev–Trinajstić information content (AvgIpc) is 2.67. The first-order valence-corrected chi connectivity index (χ1v) is 7.36. The summed E-state index contributed by atoms with van der Waals surface area (Å²) in [6.45, 7) is 7.75. The third-order valence-corrected chi connectivity index (χ3v) is 3.75. The monoisotopic (exact) mass is 296 g/mol. The van der Waals surface area contributed by atoms with Gasteiger partial charge in [0.05, 0.1) is 5.69 Å². The summed E-state index contributed by atoms with van der Waals surface area (Å²) in [6.07, 6.45) is 0. The lowest BCUT2D eigenvalue weighted by atomic mass is 10.2. The van der Waals surface area contributed by atoms with Gasteiger partial charge < -0.3 is 10.5 Å². The van der Waals surface area contributed by atoms with Gasteiger partial charge in [0.25, 0.3) is 0 Å². The second-order valence-electron chi connectivity index (χ2n) is 4.97. The number of hydrogen-bond donors (Lipinski definition) is 1. The van der Waals surface area contributed by atoms with E-state index in [0.717, 1.165) is 15.2 Å². The lowest BCUT2D eigenvalue weighted by molar-refractivity contribution is 0.124. The number of nitrogens with two attached hydrogens (primary N) is 1. The van der Waals surface area contributed by atoms with Gasteiger partial charge in [-0.15, -0.1) is 0 Å². The molecule has 5 nitrogen and oxygen atoms in total. The molecular weight excluding hydrogens is 280 g/mol. The van der Waals surface area contributed by atoms with Gasteiger partial charge in [0.1, 0.15) is 16.5 Å². The van der Waals surface area contributed by atoms with Gasteiger partial charge in [0, 0.05) is 0 Å². The minimum absolute atomic E-state index is 0.330. The van der Waals surface area contributed by atoms with Crippen molar-refractivity contribution in [3.63, 3.8) is 0 Å². The average molecular weight is 296 g/mol. The number of anilines is 1. The van der Waals surface area contributed by atoms with Gasteiger partial charge in [-0.1, -0.05) is 0 Å². The second kappa shape index (κ2) is 5.34. The molecule has 0 aliphatic heterocycles. The van der Waals surface area contributed by atoms with Crippen molar-refractivity contribution >= 4 is 29.0 Å². The van der Waals surface area contributed by atoms with Crippen LogP contribution in [0.2, 0.25) is 0 Å². The highest BCUT2D eigenvalue weighted by Crippen LogP contribution is 2.31. The van der Waals surface area contributed by atoms with Gasteiger partial charge in [-0.3, -0.25) is 0 Å². The third kappa shape index (κ3) is 4.07. The van der Waals surface area contributed by atoms with Crippen LogP contribution in [0.1, 0.15) is 26.6 Å². The van der Waals surface area contributed by atoms with Crippen LogP contribution in [0.4, 0.5) is 5.69 Å². The Labute approximate surface area is 120 Å². The number of pyridine rings is 1. The molecule has 7 heteroatoms. The summed E-state index contributed by atoms with van der Waals surface area (Å²) in [5.74, 6) is 1.23. The number of aromatic nitrogens is 3. The Morgan fingerprint density at radius 2 is 2.00 bits per heavy atom. The Hall–Kier alpha value is -1.34. The number of rotatable bonds is 3. The first-order chi connectivity index (χ1) is 8.83. The molecule has 102 valence electrons. The van der Waals surface area contributed by atoms with Crippen molar-refractivity contribution in [3.05, 3.63) is 18.0 Å². The van der Waals surface area contributed by atoms with E-state index in [9.17, 15) is 0 Å². The van der Waals surface area contributed by atoms with E-state index < -0.39 is 0 Å². The zero-order valence-corrected chi connectivity index (χ0v) is 12.9. The standard InChI is InChI=1S/C12H16N4OS2/c1-7-14-11(19-16-7)18-9-6-5-8(13)10(15-9)17-12(2,3)4/h5-6H,13H2,1-4H3. The minimum Gasteiger partial charge on any atom is -0.470 e. The lowest BCUT2D eigenvalue weighted by Gasteiger charge is -2.21. The molecule has 0 spiro atoms. The van der Waals surface area contributed by atoms with E-state index in [1.54, 1.807) is 6.07 Å². The zero-order chi connectivity index (χ0) is 14.0. The van der Waals surface area contributed by atoms with Crippen molar-refractivity contribution < 1.29 is 4.74 Å². The van der Waals surface area contributed by atoms with E-state index in [-0.39, 0.29) is 5.60 Å². The normalized spacial score (nSPS) is 11.6. The predicted molar refractivity (Wildman–Crippen MR) is 77.8 cm³/mol. The van der Waals surface area contributed by atoms with Crippen molar-refractivity contribution in [1.29, 1.82) is 0 Å². The maximum Gasteiger partial charge on any atom is 0.238 e. The van der Waals surface area contributed by atoms with E-state index in [2.05, 4.69) is 14.3 Å². The molecule has 0 radical (unpaired) electrons. The van der Waals surface area contributed by atoms with E-state index in [0.29, 0.717) is 11.6 Å². The van der Waals surface area contributed by atoms with Crippen LogP contribution in [0, 0.1) is 6.92 Å². The molecule has 0 saturated heterocycles. The maximum atomic E-state index is 5.87. The van der Waals surface area contributed by atoms with E-state index in [1.807, 2.05) is 33.8 Å². The Balaban J connectivity index is 2.21. The number of nitrogens with zero attached hydrogens (tertiary/aromatic N) is 3. The molecule has 2 aromatic heterocycles. The molecule has 2 N–H and O–H groups in total. The molecule has 0 saturated carbocycles. The van der Waals surface area contributed by atoms with Crippen LogP contribution in [0.3, 0.4) is 0 Å². The molecule has 19 heavy (non-hydrogen) atoms. The van der Waals surface area contributed by atoms with Crippen LogP contribution in [0.25, 0.3) is 0 Å². The number of ether oxygens (including phenoxy) is 1.